The molecule has 0 saturated heterocycles. The lowest BCUT2D eigenvalue weighted by Crippen LogP contribution is -2.34. The van der Waals surface area contributed by atoms with Crippen molar-refractivity contribution in [3.63, 3.8) is 0 Å². The third-order valence-electron chi connectivity index (χ3n) is 2.02. The third kappa shape index (κ3) is 4.50. The molecule has 3 N–H and O–H groups in total. The molecular weight excluding hydrogens is 272 g/mol. The Morgan fingerprint density at radius 2 is 2.22 bits per heavy atom. The molecule has 0 spiro atoms. The van der Waals surface area contributed by atoms with Crippen molar-refractivity contribution in [3.8, 4) is 5.75 Å². The van der Waals surface area contributed by atoms with E-state index in [2.05, 4.69) is 5.32 Å². The summed E-state index contributed by atoms with van der Waals surface area (Å²) >= 11 is 10.8. The van der Waals surface area contributed by atoms with Crippen molar-refractivity contribution in [3.05, 3.63) is 28.8 Å². The summed E-state index contributed by atoms with van der Waals surface area (Å²) in [5.74, 6) is 0.232. The van der Waals surface area contributed by atoms with Crippen molar-refractivity contribution < 1.29 is 9.53 Å². The smallest absolute Gasteiger partial charge is 0.258 e. The van der Waals surface area contributed by atoms with E-state index in [1.807, 2.05) is 13.8 Å². The van der Waals surface area contributed by atoms with Crippen LogP contribution in [0.4, 0.5) is 0 Å². The summed E-state index contributed by atoms with van der Waals surface area (Å²) in [5, 5.41) is 3.09. The largest absolute Gasteiger partial charge is 0.482 e. The number of rotatable bonds is 5. The van der Waals surface area contributed by atoms with E-state index < -0.39 is 0 Å². The van der Waals surface area contributed by atoms with E-state index in [4.69, 9.17) is 34.3 Å². The van der Waals surface area contributed by atoms with Crippen molar-refractivity contribution >= 4 is 34.7 Å². The van der Waals surface area contributed by atoms with Crippen LogP contribution in [0.2, 0.25) is 5.02 Å². The van der Waals surface area contributed by atoms with E-state index in [0.29, 0.717) is 16.3 Å². The van der Waals surface area contributed by atoms with E-state index in [1.165, 1.54) is 0 Å². The molecule has 0 fully saturated rings. The van der Waals surface area contributed by atoms with E-state index in [-0.39, 0.29) is 23.5 Å². The van der Waals surface area contributed by atoms with Gasteiger partial charge in [-0.25, -0.2) is 0 Å². The number of benzene rings is 1. The minimum absolute atomic E-state index is 0.0774. The number of halogens is 1. The van der Waals surface area contributed by atoms with Crippen LogP contribution in [0.5, 0.6) is 5.75 Å². The van der Waals surface area contributed by atoms with Crippen LogP contribution in [0.3, 0.4) is 0 Å². The van der Waals surface area contributed by atoms with Crippen LogP contribution in [-0.2, 0) is 4.79 Å². The summed E-state index contributed by atoms with van der Waals surface area (Å²) in [6.45, 7) is 3.67. The normalized spacial score (nSPS) is 10.2. The Morgan fingerprint density at radius 1 is 1.56 bits per heavy atom. The Kier molecular flexibility index (Phi) is 5.37. The molecule has 0 aromatic heterocycles. The average molecular weight is 287 g/mol. The zero-order valence-electron chi connectivity index (χ0n) is 10.2. The van der Waals surface area contributed by atoms with Crippen LogP contribution in [0.25, 0.3) is 0 Å². The first kappa shape index (κ1) is 14.7. The molecule has 1 aromatic carbocycles. The van der Waals surface area contributed by atoms with Crippen LogP contribution in [0, 0.1) is 0 Å². The van der Waals surface area contributed by atoms with Gasteiger partial charge >= 0.3 is 0 Å². The van der Waals surface area contributed by atoms with Crippen LogP contribution < -0.4 is 15.8 Å². The van der Waals surface area contributed by atoms with Gasteiger partial charge in [0.1, 0.15) is 10.7 Å². The van der Waals surface area contributed by atoms with Crippen molar-refractivity contribution in [2.24, 2.45) is 5.73 Å². The fourth-order valence-corrected chi connectivity index (χ4v) is 1.64. The Morgan fingerprint density at radius 3 is 2.72 bits per heavy atom. The van der Waals surface area contributed by atoms with Crippen molar-refractivity contribution in [1.29, 1.82) is 0 Å². The Hall–Kier alpha value is -1.33. The van der Waals surface area contributed by atoms with Crippen LogP contribution in [0.1, 0.15) is 19.4 Å². The highest BCUT2D eigenvalue weighted by Gasteiger charge is 2.08. The number of hydrogen-bond donors (Lipinski definition) is 2. The fourth-order valence-electron chi connectivity index (χ4n) is 1.28. The molecule has 4 nitrogen and oxygen atoms in total. The molecule has 0 saturated carbocycles. The van der Waals surface area contributed by atoms with E-state index in [1.54, 1.807) is 18.2 Å². The summed E-state index contributed by atoms with van der Waals surface area (Å²) in [6, 6.07) is 5.02. The Bertz CT molecular complexity index is 463. The van der Waals surface area contributed by atoms with Crippen molar-refractivity contribution in [1.82, 2.24) is 5.32 Å². The lowest BCUT2D eigenvalue weighted by atomic mass is 10.2. The monoisotopic (exact) mass is 286 g/mol. The van der Waals surface area contributed by atoms with Gasteiger partial charge in [-0.05, 0) is 32.0 Å². The first-order valence-corrected chi connectivity index (χ1v) is 6.20. The van der Waals surface area contributed by atoms with Crippen molar-refractivity contribution in [2.75, 3.05) is 6.61 Å². The molecule has 6 heteroatoms. The first-order valence-electron chi connectivity index (χ1n) is 5.41. The Labute approximate surface area is 116 Å². The van der Waals surface area contributed by atoms with Gasteiger partial charge in [0.15, 0.2) is 6.61 Å². The molecule has 1 amide bonds. The molecule has 1 aromatic rings. The fraction of sp³-hybridized carbons (Fsp3) is 0.333. The summed E-state index contributed by atoms with van der Waals surface area (Å²) in [6.07, 6.45) is 0. The minimum Gasteiger partial charge on any atom is -0.482 e. The second-order valence-electron chi connectivity index (χ2n) is 4.02. The third-order valence-corrected chi connectivity index (χ3v) is 2.56. The topological polar surface area (TPSA) is 64.3 Å². The van der Waals surface area contributed by atoms with Gasteiger partial charge in [-0.15, -0.1) is 0 Å². The maximum absolute atomic E-state index is 11.4. The number of nitrogens with two attached hydrogens (primary N) is 1. The molecular formula is C12H15ClN2O2S. The zero-order valence-corrected chi connectivity index (χ0v) is 11.8. The van der Waals surface area contributed by atoms with Gasteiger partial charge in [-0.1, -0.05) is 23.8 Å². The Balaban J connectivity index is 2.63. The minimum atomic E-state index is -0.195. The van der Waals surface area contributed by atoms with Gasteiger partial charge in [0.2, 0.25) is 0 Å². The zero-order chi connectivity index (χ0) is 13.7. The SMILES string of the molecule is CC(C)NC(=O)COc1ccc(C(N)=S)cc1Cl. The van der Waals surface area contributed by atoms with Crippen LogP contribution in [-0.4, -0.2) is 23.5 Å². The van der Waals surface area contributed by atoms with E-state index in [0.717, 1.165) is 0 Å². The predicted molar refractivity (Wildman–Crippen MR) is 76.1 cm³/mol. The lowest BCUT2D eigenvalue weighted by Gasteiger charge is -2.11. The molecule has 0 atom stereocenters. The second kappa shape index (κ2) is 6.56. The molecule has 0 unspecified atom stereocenters. The van der Waals surface area contributed by atoms with Crippen molar-refractivity contribution in [2.45, 2.75) is 19.9 Å². The molecule has 0 bridgehead atoms. The number of carbonyl (C=O) groups excluding carboxylic acids is 1. The molecule has 0 aliphatic rings. The van der Waals surface area contributed by atoms with Gasteiger partial charge in [0, 0.05) is 11.6 Å². The number of amides is 1. The summed E-state index contributed by atoms with van der Waals surface area (Å²) in [4.78, 5) is 11.7. The molecule has 98 valence electrons. The second-order valence-corrected chi connectivity index (χ2v) is 4.87. The number of ether oxygens (including phenoxy) is 1. The van der Waals surface area contributed by atoms with Crippen LogP contribution in [0.15, 0.2) is 18.2 Å². The summed E-state index contributed by atoms with van der Waals surface area (Å²) in [7, 11) is 0. The van der Waals surface area contributed by atoms with Gasteiger partial charge in [0.05, 0.1) is 5.02 Å². The number of thiocarbonyl (C=S) groups is 1. The maximum atomic E-state index is 11.4. The van der Waals surface area contributed by atoms with E-state index in [9.17, 15) is 4.79 Å². The molecule has 0 radical (unpaired) electrons. The van der Waals surface area contributed by atoms with Crippen LogP contribution >= 0.6 is 23.8 Å². The molecule has 0 heterocycles. The standard InChI is InChI=1S/C12H15ClN2O2S/c1-7(2)15-11(16)6-17-10-4-3-8(12(14)18)5-9(10)13/h3-5,7H,6H2,1-2H3,(H2,14,18)(H,15,16). The highest BCUT2D eigenvalue weighted by Crippen LogP contribution is 2.25. The number of carbonyl (C=O) groups is 1. The molecule has 0 aliphatic heterocycles. The molecule has 0 aliphatic carbocycles. The summed E-state index contributed by atoms with van der Waals surface area (Å²) in [5.41, 5.74) is 6.14. The average Bonchev–Trinajstić information content (AvgIpc) is 2.26. The van der Waals surface area contributed by atoms with Gasteiger partial charge < -0.3 is 15.8 Å². The van der Waals surface area contributed by atoms with Gasteiger partial charge in [0.25, 0.3) is 5.91 Å². The number of hydrogen-bond acceptors (Lipinski definition) is 3. The molecule has 18 heavy (non-hydrogen) atoms. The van der Waals surface area contributed by atoms with Gasteiger partial charge in [-0.2, -0.15) is 0 Å². The maximum Gasteiger partial charge on any atom is 0.258 e. The highest BCUT2D eigenvalue weighted by molar-refractivity contribution is 7.80. The molecule has 1 rings (SSSR count). The van der Waals surface area contributed by atoms with Gasteiger partial charge in [-0.3, -0.25) is 4.79 Å². The summed E-state index contributed by atoms with van der Waals surface area (Å²) < 4.78 is 5.31. The number of nitrogens with one attached hydrogen (secondary N) is 1. The quantitative estimate of drug-likeness (QED) is 0.811. The predicted octanol–water partition coefficient (Wildman–Crippen LogP) is 1.88. The lowest BCUT2D eigenvalue weighted by molar-refractivity contribution is -0.123. The first-order chi connectivity index (χ1) is 8.40. The van der Waals surface area contributed by atoms with E-state index >= 15 is 0 Å². The highest BCUT2D eigenvalue weighted by atomic mass is 35.5.